The Morgan fingerprint density at radius 2 is 2.23 bits per heavy atom. The predicted octanol–water partition coefficient (Wildman–Crippen LogP) is 2.98. The van der Waals surface area contributed by atoms with Crippen LogP contribution in [0.15, 0.2) is 26.5 Å². The van der Waals surface area contributed by atoms with Crippen LogP contribution in [-0.2, 0) is 0 Å². The van der Waals surface area contributed by atoms with Crippen molar-refractivity contribution >= 4 is 49.1 Å². The molecule has 0 spiro atoms. The van der Waals surface area contributed by atoms with E-state index < -0.39 is 0 Å². The van der Waals surface area contributed by atoms with Gasteiger partial charge < -0.3 is 0 Å². The van der Waals surface area contributed by atoms with Gasteiger partial charge in [-0.15, -0.1) is 5.10 Å². The smallest absolute Gasteiger partial charge is 0.207 e. The molecule has 13 heavy (non-hydrogen) atoms. The summed E-state index contributed by atoms with van der Waals surface area (Å²) in [5, 5.41) is 5.07. The van der Waals surface area contributed by atoms with Crippen molar-refractivity contribution in [3.8, 4) is 0 Å². The van der Waals surface area contributed by atoms with Crippen LogP contribution < -0.4 is 0 Å². The van der Waals surface area contributed by atoms with Crippen molar-refractivity contribution in [2.24, 2.45) is 0 Å². The number of halogens is 2. The normalized spacial score (nSPS) is 11.0. The number of nitrogens with zero attached hydrogens (tertiary/aromatic N) is 3. The molecule has 0 aliphatic heterocycles. The molecule has 3 nitrogen and oxygen atoms in total. The van der Waals surface area contributed by atoms with Crippen LogP contribution in [0.1, 0.15) is 0 Å². The zero-order valence-electron chi connectivity index (χ0n) is 6.66. The van der Waals surface area contributed by atoms with Crippen molar-refractivity contribution in [2.45, 2.75) is 5.16 Å². The largest absolute Gasteiger partial charge is 0.227 e. The van der Waals surface area contributed by atoms with Crippen LogP contribution >= 0.6 is 43.6 Å². The second kappa shape index (κ2) is 3.59. The Bertz CT molecular complexity index is 454. The lowest BCUT2D eigenvalue weighted by Gasteiger charge is -1.97. The first-order chi connectivity index (χ1) is 6.22. The van der Waals surface area contributed by atoms with Crippen LogP contribution in [0, 0.1) is 0 Å². The highest BCUT2D eigenvalue weighted by Gasteiger charge is 2.06. The summed E-state index contributed by atoms with van der Waals surface area (Å²) in [6, 6.07) is 1.95. The molecule has 2 aromatic heterocycles. The fourth-order valence-corrected chi connectivity index (χ4v) is 2.61. The summed E-state index contributed by atoms with van der Waals surface area (Å²) in [7, 11) is 0. The highest BCUT2D eigenvalue weighted by molar-refractivity contribution is 9.11. The number of hydrogen-bond donors (Lipinski definition) is 0. The van der Waals surface area contributed by atoms with Crippen LogP contribution in [0.25, 0.3) is 5.52 Å². The molecular formula is C7H5Br2N3S. The van der Waals surface area contributed by atoms with Crippen LogP contribution in [0.2, 0.25) is 0 Å². The number of rotatable bonds is 1. The average Bonchev–Trinajstić information content (AvgIpc) is 2.42. The number of hydrogen-bond acceptors (Lipinski definition) is 3. The second-order valence-electron chi connectivity index (χ2n) is 2.36. The van der Waals surface area contributed by atoms with E-state index in [2.05, 4.69) is 41.9 Å². The molecule has 0 aliphatic rings. The Balaban J connectivity index is 2.76. The molecule has 0 aliphatic carbocycles. The molecule has 0 fully saturated rings. The molecule has 6 heteroatoms. The Hall–Kier alpha value is -0.0700. The van der Waals surface area contributed by atoms with Gasteiger partial charge in [0.1, 0.15) is 4.60 Å². The van der Waals surface area contributed by atoms with Crippen molar-refractivity contribution in [1.29, 1.82) is 0 Å². The van der Waals surface area contributed by atoms with Gasteiger partial charge in [-0.1, -0.05) is 11.8 Å². The van der Waals surface area contributed by atoms with Crippen LogP contribution in [0.5, 0.6) is 0 Å². The number of fused-ring (bicyclic) bond motifs is 1. The van der Waals surface area contributed by atoms with E-state index in [4.69, 9.17) is 0 Å². The van der Waals surface area contributed by atoms with E-state index in [-0.39, 0.29) is 0 Å². The first kappa shape index (κ1) is 9.48. The third kappa shape index (κ3) is 1.62. The number of thioether (sulfide) groups is 1. The molecule has 0 unspecified atom stereocenters. The zero-order valence-corrected chi connectivity index (χ0v) is 10.6. The molecule has 0 N–H and O–H groups in total. The first-order valence-corrected chi connectivity index (χ1v) is 6.27. The Morgan fingerprint density at radius 1 is 1.46 bits per heavy atom. The summed E-state index contributed by atoms with van der Waals surface area (Å²) in [4.78, 5) is 4.18. The molecule has 0 bridgehead atoms. The molecule has 68 valence electrons. The molecule has 0 radical (unpaired) electrons. The van der Waals surface area contributed by atoms with E-state index >= 15 is 0 Å². The minimum atomic E-state index is 0.760. The van der Waals surface area contributed by atoms with Gasteiger partial charge in [0.25, 0.3) is 0 Å². The predicted molar refractivity (Wildman–Crippen MR) is 60.2 cm³/mol. The van der Waals surface area contributed by atoms with E-state index in [9.17, 15) is 0 Å². The van der Waals surface area contributed by atoms with Crippen molar-refractivity contribution < 1.29 is 0 Å². The summed E-state index contributed by atoms with van der Waals surface area (Å²) in [6.45, 7) is 0. The fourth-order valence-electron chi connectivity index (χ4n) is 0.995. The van der Waals surface area contributed by atoms with E-state index in [1.165, 1.54) is 11.8 Å². The Kier molecular flexibility index (Phi) is 2.62. The van der Waals surface area contributed by atoms with Crippen LogP contribution in [0.4, 0.5) is 0 Å². The molecule has 0 aromatic carbocycles. The SMILES string of the molecule is CSc1ncc2c(Br)cc(Br)n2n1. The minimum Gasteiger partial charge on any atom is -0.227 e. The molecule has 0 amide bonds. The maximum absolute atomic E-state index is 4.31. The molecule has 0 saturated heterocycles. The fraction of sp³-hybridized carbons (Fsp3) is 0.143. The molecule has 2 rings (SSSR count). The lowest BCUT2D eigenvalue weighted by atomic mass is 10.5. The third-order valence-corrected chi connectivity index (χ3v) is 3.34. The highest BCUT2D eigenvalue weighted by Crippen LogP contribution is 2.25. The van der Waals surface area contributed by atoms with Crippen molar-refractivity contribution in [3.05, 3.63) is 21.3 Å². The zero-order chi connectivity index (χ0) is 9.42. The molecule has 0 atom stereocenters. The molecule has 2 heterocycles. The monoisotopic (exact) mass is 321 g/mol. The van der Waals surface area contributed by atoms with E-state index in [1.807, 2.05) is 16.8 Å². The van der Waals surface area contributed by atoms with Gasteiger partial charge in [0.05, 0.1) is 11.7 Å². The minimum absolute atomic E-state index is 0.760. The van der Waals surface area contributed by atoms with Crippen molar-refractivity contribution in [2.75, 3.05) is 6.26 Å². The summed E-state index contributed by atoms with van der Waals surface area (Å²) >= 11 is 8.36. The van der Waals surface area contributed by atoms with Crippen LogP contribution in [0.3, 0.4) is 0 Å². The molecule has 2 aromatic rings. The van der Waals surface area contributed by atoms with Gasteiger partial charge in [-0.05, 0) is 44.2 Å². The number of aromatic nitrogens is 3. The highest BCUT2D eigenvalue weighted by atomic mass is 79.9. The van der Waals surface area contributed by atoms with Gasteiger partial charge in [0.15, 0.2) is 0 Å². The third-order valence-electron chi connectivity index (χ3n) is 1.59. The van der Waals surface area contributed by atoms with E-state index in [0.717, 1.165) is 19.7 Å². The maximum Gasteiger partial charge on any atom is 0.207 e. The van der Waals surface area contributed by atoms with Gasteiger partial charge >= 0.3 is 0 Å². The van der Waals surface area contributed by atoms with E-state index in [1.54, 1.807) is 6.20 Å². The van der Waals surface area contributed by atoms with Crippen molar-refractivity contribution in [1.82, 2.24) is 14.6 Å². The van der Waals surface area contributed by atoms with Gasteiger partial charge in [-0.2, -0.15) is 0 Å². The van der Waals surface area contributed by atoms with Crippen molar-refractivity contribution in [3.63, 3.8) is 0 Å². The standard InChI is InChI=1S/C7H5Br2N3S/c1-13-7-10-3-5-4(8)2-6(9)12(5)11-7/h2-3H,1H3. The Morgan fingerprint density at radius 3 is 2.92 bits per heavy atom. The van der Waals surface area contributed by atoms with Gasteiger partial charge in [0.2, 0.25) is 5.16 Å². The average molecular weight is 323 g/mol. The molecular weight excluding hydrogens is 318 g/mol. The first-order valence-electron chi connectivity index (χ1n) is 3.46. The van der Waals surface area contributed by atoms with Gasteiger partial charge in [0, 0.05) is 4.47 Å². The maximum atomic E-state index is 4.31. The van der Waals surface area contributed by atoms with Crippen LogP contribution in [-0.4, -0.2) is 20.9 Å². The lowest BCUT2D eigenvalue weighted by Crippen LogP contribution is -1.95. The topological polar surface area (TPSA) is 30.2 Å². The second-order valence-corrected chi connectivity index (χ2v) is 4.80. The summed E-state index contributed by atoms with van der Waals surface area (Å²) in [5.74, 6) is 0. The lowest BCUT2D eigenvalue weighted by molar-refractivity contribution is 0.787. The van der Waals surface area contributed by atoms with Gasteiger partial charge in [-0.3, -0.25) is 0 Å². The van der Waals surface area contributed by atoms with E-state index in [0.29, 0.717) is 0 Å². The Labute approximate surface area is 96.2 Å². The molecule has 0 saturated carbocycles. The summed E-state index contributed by atoms with van der Waals surface area (Å²) < 4.78 is 3.72. The quantitative estimate of drug-likeness (QED) is 0.756. The summed E-state index contributed by atoms with van der Waals surface area (Å²) in [6.07, 6.45) is 3.75. The van der Waals surface area contributed by atoms with Gasteiger partial charge in [-0.25, -0.2) is 9.50 Å². The summed E-state index contributed by atoms with van der Waals surface area (Å²) in [5.41, 5.74) is 0.963.